The summed E-state index contributed by atoms with van der Waals surface area (Å²) in [5.74, 6) is 1.27. The molecular weight excluding hydrogens is 276 g/mol. The Kier molecular flexibility index (Phi) is 5.27. The first-order chi connectivity index (χ1) is 9.74. The predicted octanol–water partition coefficient (Wildman–Crippen LogP) is 3.81. The van der Waals surface area contributed by atoms with Gasteiger partial charge in [-0.2, -0.15) is 0 Å². The molecule has 0 atom stereocenters. The fraction of sp³-hybridized carbons (Fsp3) is 0.250. The molecular formula is C16H17ClO3. The maximum atomic E-state index is 9.15. The highest BCUT2D eigenvalue weighted by molar-refractivity contribution is 6.31. The van der Waals surface area contributed by atoms with Gasteiger partial charge in [0.2, 0.25) is 0 Å². The van der Waals surface area contributed by atoms with Crippen molar-refractivity contribution in [1.82, 2.24) is 0 Å². The van der Waals surface area contributed by atoms with Gasteiger partial charge in [0.1, 0.15) is 6.61 Å². The van der Waals surface area contributed by atoms with E-state index in [-0.39, 0.29) is 6.61 Å². The van der Waals surface area contributed by atoms with Gasteiger partial charge in [0.05, 0.1) is 13.2 Å². The predicted molar refractivity (Wildman–Crippen MR) is 79.3 cm³/mol. The van der Waals surface area contributed by atoms with Crippen LogP contribution in [0.5, 0.6) is 11.5 Å². The van der Waals surface area contributed by atoms with Gasteiger partial charge in [-0.25, -0.2) is 0 Å². The normalized spacial score (nSPS) is 10.3. The van der Waals surface area contributed by atoms with Gasteiger partial charge in [-0.05, 0) is 30.7 Å². The summed E-state index contributed by atoms with van der Waals surface area (Å²) in [6.07, 6.45) is 0. The first-order valence-corrected chi connectivity index (χ1v) is 6.85. The van der Waals surface area contributed by atoms with Gasteiger partial charge >= 0.3 is 0 Å². The van der Waals surface area contributed by atoms with Crippen LogP contribution in [0, 0.1) is 0 Å². The third-order valence-electron chi connectivity index (χ3n) is 2.83. The van der Waals surface area contributed by atoms with Crippen LogP contribution < -0.4 is 9.47 Å². The molecule has 0 saturated heterocycles. The average Bonchev–Trinajstić information content (AvgIpc) is 2.47. The molecule has 0 aromatic heterocycles. The van der Waals surface area contributed by atoms with Gasteiger partial charge in [0.15, 0.2) is 11.5 Å². The van der Waals surface area contributed by atoms with Gasteiger partial charge in [-0.15, -0.1) is 0 Å². The molecule has 0 radical (unpaired) electrons. The van der Waals surface area contributed by atoms with E-state index in [4.69, 9.17) is 26.2 Å². The number of rotatable bonds is 6. The van der Waals surface area contributed by atoms with Crippen molar-refractivity contribution in [3.05, 3.63) is 58.6 Å². The Morgan fingerprint density at radius 1 is 1.05 bits per heavy atom. The van der Waals surface area contributed by atoms with E-state index in [2.05, 4.69) is 0 Å². The second-order valence-electron chi connectivity index (χ2n) is 4.25. The SMILES string of the molecule is CCOc1cc(CO)ccc1OCc1ccccc1Cl. The van der Waals surface area contributed by atoms with E-state index in [1.807, 2.05) is 37.3 Å². The van der Waals surface area contributed by atoms with Crippen molar-refractivity contribution < 1.29 is 14.6 Å². The summed E-state index contributed by atoms with van der Waals surface area (Å²) >= 11 is 6.09. The molecule has 0 heterocycles. The van der Waals surface area contributed by atoms with Crippen LogP contribution in [0.1, 0.15) is 18.1 Å². The molecule has 2 aromatic carbocycles. The molecule has 0 spiro atoms. The van der Waals surface area contributed by atoms with E-state index < -0.39 is 0 Å². The van der Waals surface area contributed by atoms with Crippen LogP contribution in [0.25, 0.3) is 0 Å². The molecule has 4 heteroatoms. The summed E-state index contributed by atoms with van der Waals surface area (Å²) in [5.41, 5.74) is 1.71. The fourth-order valence-electron chi connectivity index (χ4n) is 1.81. The lowest BCUT2D eigenvalue weighted by molar-refractivity contribution is 0.264. The zero-order valence-electron chi connectivity index (χ0n) is 11.3. The van der Waals surface area contributed by atoms with Gasteiger partial charge in [0.25, 0.3) is 0 Å². The number of ether oxygens (including phenoxy) is 2. The van der Waals surface area contributed by atoms with Crippen LogP contribution in [0.2, 0.25) is 5.02 Å². The van der Waals surface area contributed by atoms with E-state index in [1.54, 1.807) is 12.1 Å². The van der Waals surface area contributed by atoms with E-state index >= 15 is 0 Å². The number of hydrogen-bond acceptors (Lipinski definition) is 3. The molecule has 0 amide bonds. The molecule has 106 valence electrons. The summed E-state index contributed by atoms with van der Waals surface area (Å²) < 4.78 is 11.3. The Bertz CT molecular complexity index is 569. The molecule has 0 aliphatic rings. The van der Waals surface area contributed by atoms with Crippen molar-refractivity contribution in [3.8, 4) is 11.5 Å². The minimum atomic E-state index is -0.0229. The highest BCUT2D eigenvalue weighted by Gasteiger charge is 2.07. The first kappa shape index (κ1) is 14.7. The Morgan fingerprint density at radius 2 is 1.85 bits per heavy atom. The second kappa shape index (κ2) is 7.17. The molecule has 0 fully saturated rings. The van der Waals surface area contributed by atoms with Crippen molar-refractivity contribution in [2.45, 2.75) is 20.1 Å². The quantitative estimate of drug-likeness (QED) is 0.880. The molecule has 3 nitrogen and oxygen atoms in total. The van der Waals surface area contributed by atoms with E-state index in [0.717, 1.165) is 11.1 Å². The fourth-order valence-corrected chi connectivity index (χ4v) is 2.00. The van der Waals surface area contributed by atoms with E-state index in [1.165, 1.54) is 0 Å². The average molecular weight is 293 g/mol. The number of benzene rings is 2. The van der Waals surface area contributed by atoms with E-state index in [9.17, 15) is 0 Å². The second-order valence-corrected chi connectivity index (χ2v) is 4.66. The zero-order chi connectivity index (χ0) is 14.4. The van der Waals surface area contributed by atoms with Gasteiger partial charge in [0, 0.05) is 10.6 Å². The third kappa shape index (κ3) is 3.65. The van der Waals surface area contributed by atoms with E-state index in [0.29, 0.717) is 29.7 Å². The third-order valence-corrected chi connectivity index (χ3v) is 3.20. The molecule has 0 aliphatic heterocycles. The lowest BCUT2D eigenvalue weighted by Gasteiger charge is -2.13. The lowest BCUT2D eigenvalue weighted by Crippen LogP contribution is -2.01. The molecule has 0 unspecified atom stereocenters. The first-order valence-electron chi connectivity index (χ1n) is 6.47. The minimum Gasteiger partial charge on any atom is -0.490 e. The van der Waals surface area contributed by atoms with Gasteiger partial charge in [-0.3, -0.25) is 0 Å². The maximum Gasteiger partial charge on any atom is 0.161 e. The Balaban J connectivity index is 2.14. The monoisotopic (exact) mass is 292 g/mol. The largest absolute Gasteiger partial charge is 0.490 e. The summed E-state index contributed by atoms with van der Waals surface area (Å²) in [6, 6.07) is 12.9. The highest BCUT2D eigenvalue weighted by Crippen LogP contribution is 2.30. The highest BCUT2D eigenvalue weighted by atomic mass is 35.5. The molecule has 2 aromatic rings. The summed E-state index contributed by atoms with van der Waals surface area (Å²) in [7, 11) is 0. The van der Waals surface area contributed by atoms with Crippen LogP contribution in [0.3, 0.4) is 0 Å². The van der Waals surface area contributed by atoms with Crippen LogP contribution >= 0.6 is 11.6 Å². The Hall–Kier alpha value is -1.71. The van der Waals surface area contributed by atoms with Crippen LogP contribution in [0.4, 0.5) is 0 Å². The Morgan fingerprint density at radius 3 is 2.55 bits per heavy atom. The topological polar surface area (TPSA) is 38.7 Å². The van der Waals surface area contributed by atoms with Crippen molar-refractivity contribution in [1.29, 1.82) is 0 Å². The molecule has 0 aliphatic carbocycles. The van der Waals surface area contributed by atoms with Crippen LogP contribution in [-0.2, 0) is 13.2 Å². The van der Waals surface area contributed by atoms with Crippen molar-refractivity contribution in [2.24, 2.45) is 0 Å². The smallest absolute Gasteiger partial charge is 0.161 e. The molecule has 0 bridgehead atoms. The maximum absolute atomic E-state index is 9.15. The summed E-state index contributed by atoms with van der Waals surface area (Å²) in [6.45, 7) is 2.80. The number of hydrogen-bond donors (Lipinski definition) is 1. The molecule has 1 N–H and O–H groups in total. The van der Waals surface area contributed by atoms with Crippen molar-refractivity contribution in [3.63, 3.8) is 0 Å². The lowest BCUT2D eigenvalue weighted by atomic mass is 10.2. The number of halogens is 1. The van der Waals surface area contributed by atoms with Gasteiger partial charge in [-0.1, -0.05) is 35.9 Å². The molecule has 20 heavy (non-hydrogen) atoms. The minimum absolute atomic E-state index is 0.0229. The summed E-state index contributed by atoms with van der Waals surface area (Å²) in [4.78, 5) is 0. The van der Waals surface area contributed by atoms with Gasteiger partial charge < -0.3 is 14.6 Å². The number of aliphatic hydroxyl groups excluding tert-OH is 1. The molecule has 0 saturated carbocycles. The van der Waals surface area contributed by atoms with Crippen molar-refractivity contribution >= 4 is 11.6 Å². The number of aliphatic hydroxyl groups is 1. The standard InChI is InChI=1S/C16H17ClO3/c1-2-19-16-9-12(10-18)7-8-15(16)20-11-13-5-3-4-6-14(13)17/h3-9,18H,2,10-11H2,1H3. The van der Waals surface area contributed by atoms with Crippen molar-refractivity contribution in [2.75, 3.05) is 6.61 Å². The molecule has 2 rings (SSSR count). The van der Waals surface area contributed by atoms with Crippen LogP contribution in [0.15, 0.2) is 42.5 Å². The summed E-state index contributed by atoms with van der Waals surface area (Å²) in [5, 5.41) is 9.83. The van der Waals surface area contributed by atoms with Crippen LogP contribution in [-0.4, -0.2) is 11.7 Å². The zero-order valence-corrected chi connectivity index (χ0v) is 12.1. The Labute approximate surface area is 123 Å².